The normalized spacial score (nSPS) is 21.1. The monoisotopic (exact) mass is 458 g/mol. The molecule has 160 valence electrons. The van der Waals surface area contributed by atoms with E-state index < -0.39 is 6.10 Å². The quantitative estimate of drug-likeness (QED) is 0.610. The van der Waals surface area contributed by atoms with Crippen molar-refractivity contribution in [2.24, 2.45) is 0 Å². The highest BCUT2D eigenvalue weighted by Crippen LogP contribution is 2.38. The Bertz CT molecular complexity index is 1220. The van der Waals surface area contributed by atoms with Gasteiger partial charge in [-0.1, -0.05) is 29.3 Å². The van der Waals surface area contributed by atoms with Gasteiger partial charge in [-0.25, -0.2) is 0 Å². The number of pyridine rings is 1. The van der Waals surface area contributed by atoms with E-state index in [0.29, 0.717) is 47.1 Å². The SMILES string of the molecule is C[C@H]1c2c(Cl)cc(Cl)cc2CCN1C(=O)[C@H]1CC(c2cncc3nc(N)oc23)=CCO1. The number of aromatic nitrogens is 2. The van der Waals surface area contributed by atoms with Crippen molar-refractivity contribution in [2.45, 2.75) is 31.9 Å². The second-order valence-corrected chi connectivity index (χ2v) is 8.60. The Balaban J connectivity index is 1.40. The summed E-state index contributed by atoms with van der Waals surface area (Å²) in [5.41, 5.74) is 10.6. The molecule has 0 bridgehead atoms. The number of rotatable bonds is 2. The zero-order valence-electron chi connectivity index (χ0n) is 16.8. The van der Waals surface area contributed by atoms with Gasteiger partial charge in [0.2, 0.25) is 0 Å². The van der Waals surface area contributed by atoms with Crippen molar-refractivity contribution in [1.29, 1.82) is 0 Å². The molecule has 1 aromatic carbocycles. The van der Waals surface area contributed by atoms with Gasteiger partial charge < -0.3 is 19.8 Å². The van der Waals surface area contributed by atoms with E-state index in [1.165, 1.54) is 0 Å². The summed E-state index contributed by atoms with van der Waals surface area (Å²) in [6.07, 6.45) is 5.74. The van der Waals surface area contributed by atoms with Gasteiger partial charge >= 0.3 is 0 Å². The van der Waals surface area contributed by atoms with Crippen LogP contribution in [-0.4, -0.2) is 40.0 Å². The van der Waals surface area contributed by atoms with Gasteiger partial charge in [-0.05, 0) is 42.2 Å². The molecule has 2 N–H and O–H groups in total. The summed E-state index contributed by atoms with van der Waals surface area (Å²) in [4.78, 5) is 23.6. The number of anilines is 1. The summed E-state index contributed by atoms with van der Waals surface area (Å²) in [7, 11) is 0. The van der Waals surface area contributed by atoms with Crippen LogP contribution in [0.25, 0.3) is 16.7 Å². The van der Waals surface area contributed by atoms with E-state index in [9.17, 15) is 4.79 Å². The summed E-state index contributed by atoms with van der Waals surface area (Å²) < 4.78 is 11.4. The molecule has 7 nitrogen and oxygen atoms in total. The van der Waals surface area contributed by atoms with Gasteiger partial charge in [0.05, 0.1) is 18.8 Å². The number of carbonyl (C=O) groups excluding carboxylic acids is 1. The second kappa shape index (κ2) is 7.82. The number of carbonyl (C=O) groups is 1. The predicted molar refractivity (Wildman–Crippen MR) is 119 cm³/mol. The van der Waals surface area contributed by atoms with Crippen LogP contribution >= 0.6 is 23.2 Å². The number of halogens is 2. The van der Waals surface area contributed by atoms with Crippen molar-refractivity contribution in [1.82, 2.24) is 14.9 Å². The van der Waals surface area contributed by atoms with Gasteiger partial charge in [0.1, 0.15) is 11.6 Å². The fourth-order valence-corrected chi connectivity index (χ4v) is 5.17. The molecular weight excluding hydrogens is 439 g/mol. The van der Waals surface area contributed by atoms with E-state index in [-0.39, 0.29) is 18.0 Å². The zero-order valence-corrected chi connectivity index (χ0v) is 18.3. The van der Waals surface area contributed by atoms with Gasteiger partial charge in [-0.2, -0.15) is 4.98 Å². The molecule has 0 saturated carbocycles. The average Bonchev–Trinajstić information content (AvgIpc) is 3.13. The number of amides is 1. The molecule has 4 heterocycles. The minimum Gasteiger partial charge on any atom is -0.423 e. The van der Waals surface area contributed by atoms with Crippen LogP contribution in [0.3, 0.4) is 0 Å². The Morgan fingerprint density at radius 1 is 1.29 bits per heavy atom. The van der Waals surface area contributed by atoms with Gasteiger partial charge in [0, 0.05) is 34.8 Å². The van der Waals surface area contributed by atoms with Crippen molar-refractivity contribution >= 4 is 51.8 Å². The van der Waals surface area contributed by atoms with Gasteiger partial charge in [-0.15, -0.1) is 0 Å². The van der Waals surface area contributed by atoms with E-state index in [0.717, 1.165) is 22.3 Å². The van der Waals surface area contributed by atoms with Gasteiger partial charge in [-0.3, -0.25) is 9.78 Å². The van der Waals surface area contributed by atoms with Crippen molar-refractivity contribution in [2.75, 3.05) is 18.9 Å². The molecule has 2 aromatic heterocycles. The highest BCUT2D eigenvalue weighted by molar-refractivity contribution is 6.35. The van der Waals surface area contributed by atoms with Crippen molar-refractivity contribution in [3.63, 3.8) is 0 Å². The molecule has 3 aromatic rings. The fraction of sp³-hybridized carbons (Fsp3) is 0.318. The average molecular weight is 459 g/mol. The number of ether oxygens (including phenoxy) is 1. The molecule has 0 saturated heterocycles. The molecule has 0 unspecified atom stereocenters. The summed E-state index contributed by atoms with van der Waals surface area (Å²) in [5.74, 6) is -0.0630. The molecule has 5 rings (SSSR count). The molecule has 2 atom stereocenters. The Labute approximate surface area is 188 Å². The molecule has 0 aliphatic carbocycles. The molecule has 2 aliphatic heterocycles. The van der Waals surface area contributed by atoms with Gasteiger partial charge in [0.15, 0.2) is 5.58 Å². The van der Waals surface area contributed by atoms with Crippen LogP contribution in [0.2, 0.25) is 10.0 Å². The van der Waals surface area contributed by atoms with Crippen LogP contribution in [0.5, 0.6) is 0 Å². The van der Waals surface area contributed by atoms with Crippen LogP contribution in [-0.2, 0) is 16.0 Å². The molecule has 1 amide bonds. The largest absolute Gasteiger partial charge is 0.423 e. The topological polar surface area (TPSA) is 94.5 Å². The molecular formula is C22H20Cl2N4O3. The number of benzene rings is 1. The number of nitrogens with zero attached hydrogens (tertiary/aromatic N) is 3. The number of nitrogens with two attached hydrogens (primary N) is 1. The number of oxazole rings is 1. The predicted octanol–water partition coefficient (Wildman–Crippen LogP) is 4.43. The highest BCUT2D eigenvalue weighted by Gasteiger charge is 2.35. The Morgan fingerprint density at radius 3 is 2.97 bits per heavy atom. The Kier molecular flexibility index (Phi) is 5.12. The van der Waals surface area contributed by atoms with E-state index in [2.05, 4.69) is 9.97 Å². The fourth-order valence-electron chi connectivity index (χ4n) is 4.47. The zero-order chi connectivity index (χ0) is 21.7. The Hall–Kier alpha value is -2.61. The van der Waals surface area contributed by atoms with Crippen LogP contribution < -0.4 is 5.73 Å². The molecule has 0 spiro atoms. The van der Waals surface area contributed by atoms with Crippen molar-refractivity contribution in [3.05, 3.63) is 57.3 Å². The Morgan fingerprint density at radius 2 is 2.13 bits per heavy atom. The van der Waals surface area contributed by atoms with E-state index in [1.54, 1.807) is 18.5 Å². The number of hydrogen-bond acceptors (Lipinski definition) is 6. The standard InChI is InChI=1S/C22H20Cl2N4O3/c1-11-19-13(6-14(23)8-16(19)24)2-4-28(11)21(29)18-7-12(3-5-30-18)15-9-26-10-17-20(15)31-22(25)27-17/h3,6,8-11,18H,2,4-5,7H2,1H3,(H2,25,27)/t11-,18+/m0/s1. The van der Waals surface area contributed by atoms with Crippen LogP contribution in [0, 0.1) is 0 Å². The maximum atomic E-state index is 13.4. The molecule has 2 aliphatic rings. The van der Waals surface area contributed by atoms with Crippen LogP contribution in [0.1, 0.15) is 36.1 Å². The van der Waals surface area contributed by atoms with Crippen molar-refractivity contribution < 1.29 is 13.9 Å². The molecule has 0 fully saturated rings. The molecule has 9 heteroatoms. The minimum atomic E-state index is -0.606. The molecule has 31 heavy (non-hydrogen) atoms. The maximum absolute atomic E-state index is 13.4. The first-order chi connectivity index (χ1) is 14.9. The number of hydrogen-bond donors (Lipinski definition) is 1. The summed E-state index contributed by atoms with van der Waals surface area (Å²) >= 11 is 12.6. The summed E-state index contributed by atoms with van der Waals surface area (Å²) in [6, 6.07) is 3.57. The summed E-state index contributed by atoms with van der Waals surface area (Å²) in [6.45, 7) is 2.89. The van der Waals surface area contributed by atoms with E-state index in [4.69, 9.17) is 38.1 Å². The van der Waals surface area contributed by atoms with Gasteiger partial charge in [0.25, 0.3) is 11.9 Å². The lowest BCUT2D eigenvalue weighted by Crippen LogP contribution is -2.46. The molecule has 0 radical (unpaired) electrons. The van der Waals surface area contributed by atoms with E-state index >= 15 is 0 Å². The third-order valence-corrected chi connectivity index (χ3v) is 6.47. The third kappa shape index (κ3) is 3.56. The first-order valence-corrected chi connectivity index (χ1v) is 10.8. The highest BCUT2D eigenvalue weighted by atomic mass is 35.5. The first-order valence-electron chi connectivity index (χ1n) is 10.0. The maximum Gasteiger partial charge on any atom is 0.293 e. The van der Waals surface area contributed by atoms with Crippen LogP contribution in [0.15, 0.2) is 35.0 Å². The third-order valence-electron chi connectivity index (χ3n) is 5.94. The van der Waals surface area contributed by atoms with E-state index in [1.807, 2.05) is 24.0 Å². The second-order valence-electron chi connectivity index (χ2n) is 7.76. The first kappa shape index (κ1) is 20.3. The number of fused-ring (bicyclic) bond motifs is 2. The smallest absolute Gasteiger partial charge is 0.293 e. The summed E-state index contributed by atoms with van der Waals surface area (Å²) in [5, 5.41) is 1.19. The van der Waals surface area contributed by atoms with Crippen molar-refractivity contribution in [3.8, 4) is 0 Å². The lowest BCUT2D eigenvalue weighted by molar-refractivity contribution is -0.145. The number of nitrogen functional groups attached to an aromatic ring is 1. The van der Waals surface area contributed by atoms with Crippen LogP contribution in [0.4, 0.5) is 6.01 Å². The lowest BCUT2D eigenvalue weighted by Gasteiger charge is -2.38. The lowest BCUT2D eigenvalue weighted by atomic mass is 9.92. The minimum absolute atomic E-state index is 0.0630.